The van der Waals surface area contributed by atoms with Gasteiger partial charge in [0.1, 0.15) is 5.69 Å². The summed E-state index contributed by atoms with van der Waals surface area (Å²) in [6.07, 6.45) is 0.0983. The van der Waals surface area contributed by atoms with Crippen LogP contribution in [0.1, 0.15) is 37.4 Å². The van der Waals surface area contributed by atoms with Gasteiger partial charge in [0, 0.05) is 30.1 Å². The Bertz CT molecular complexity index is 1180. The fourth-order valence-electron chi connectivity index (χ4n) is 4.66. The van der Waals surface area contributed by atoms with Crippen molar-refractivity contribution in [2.24, 2.45) is 18.4 Å². The van der Waals surface area contributed by atoms with Crippen molar-refractivity contribution in [3.63, 3.8) is 0 Å². The zero-order chi connectivity index (χ0) is 23.2. The summed E-state index contributed by atoms with van der Waals surface area (Å²) in [7, 11) is 1.77. The van der Waals surface area contributed by atoms with Crippen molar-refractivity contribution in [1.29, 1.82) is 0 Å². The molecule has 10 heteroatoms. The second-order valence-corrected chi connectivity index (χ2v) is 9.07. The van der Waals surface area contributed by atoms with Gasteiger partial charge < -0.3 is 10.6 Å². The number of rotatable bonds is 5. The molecule has 2 N–H and O–H groups in total. The third kappa shape index (κ3) is 4.07. The second kappa shape index (κ2) is 8.09. The molecule has 1 atom stereocenters. The van der Waals surface area contributed by atoms with Gasteiger partial charge in [-0.05, 0) is 56.3 Å². The number of fused-ring (bicyclic) bond motifs is 1. The molecule has 0 radical (unpaired) electrons. The highest BCUT2D eigenvalue weighted by molar-refractivity contribution is 5.86. The van der Waals surface area contributed by atoms with E-state index in [-0.39, 0.29) is 30.4 Å². The monoisotopic (exact) mass is 458 g/mol. The molecule has 1 saturated carbocycles. The van der Waals surface area contributed by atoms with Gasteiger partial charge in [0.05, 0.1) is 23.3 Å². The second-order valence-electron chi connectivity index (χ2n) is 9.07. The lowest BCUT2D eigenvalue weighted by Crippen LogP contribution is -2.45. The molecule has 2 aromatic heterocycles. The summed E-state index contributed by atoms with van der Waals surface area (Å²) >= 11 is 0. The van der Waals surface area contributed by atoms with E-state index in [1.807, 2.05) is 18.2 Å². The standard InChI is InChI=1S/C23H25F3N6O/c1-32-13-19(30-31-32)15-2-3-16-12-28-18(11-17(16)10-15)20(22(6-7-22)23(24,25)26)29-21(33)14-4-8-27-9-5-14/h2-3,10-14,20,27H,4-9H2,1H3,(H,29,33). The number of pyridine rings is 1. The number of nitrogens with zero attached hydrogens (tertiary/aromatic N) is 4. The molecule has 0 spiro atoms. The van der Waals surface area contributed by atoms with Crippen LogP contribution in [0.5, 0.6) is 0 Å². The molecule has 1 saturated heterocycles. The van der Waals surface area contributed by atoms with E-state index in [0.29, 0.717) is 31.6 Å². The lowest BCUT2D eigenvalue weighted by atomic mass is 9.89. The molecule has 2 fully saturated rings. The van der Waals surface area contributed by atoms with Gasteiger partial charge in [-0.1, -0.05) is 17.3 Å². The van der Waals surface area contributed by atoms with Crippen LogP contribution < -0.4 is 10.6 Å². The number of hydrogen-bond acceptors (Lipinski definition) is 5. The summed E-state index contributed by atoms with van der Waals surface area (Å²) in [5.41, 5.74) is -0.267. The van der Waals surface area contributed by atoms with Crippen LogP contribution >= 0.6 is 0 Å². The van der Waals surface area contributed by atoms with E-state index in [2.05, 4.69) is 25.9 Å². The number of halogens is 3. The van der Waals surface area contributed by atoms with Gasteiger partial charge in [-0.15, -0.1) is 5.10 Å². The minimum absolute atomic E-state index is 0.0208. The van der Waals surface area contributed by atoms with Crippen LogP contribution in [0.2, 0.25) is 0 Å². The molecule has 1 unspecified atom stereocenters. The molecule has 1 aliphatic heterocycles. The summed E-state index contributed by atoms with van der Waals surface area (Å²) in [5.74, 6) is -0.617. The highest BCUT2D eigenvalue weighted by atomic mass is 19.4. The minimum atomic E-state index is -4.43. The fourth-order valence-corrected chi connectivity index (χ4v) is 4.66. The Kier molecular flexibility index (Phi) is 5.35. The van der Waals surface area contributed by atoms with Crippen molar-refractivity contribution in [2.45, 2.75) is 37.9 Å². The topological polar surface area (TPSA) is 84.7 Å². The maximum Gasteiger partial charge on any atom is 0.396 e. The first-order valence-electron chi connectivity index (χ1n) is 11.1. The number of alkyl halides is 3. The summed E-state index contributed by atoms with van der Waals surface area (Å²) < 4.78 is 43.9. The van der Waals surface area contributed by atoms with E-state index in [1.54, 1.807) is 30.2 Å². The highest BCUT2D eigenvalue weighted by Crippen LogP contribution is 2.64. The molecule has 2 aliphatic rings. The minimum Gasteiger partial charge on any atom is -0.347 e. The van der Waals surface area contributed by atoms with Gasteiger partial charge in [-0.25, -0.2) is 0 Å². The zero-order valence-electron chi connectivity index (χ0n) is 18.2. The summed E-state index contributed by atoms with van der Waals surface area (Å²) in [6.45, 7) is 1.37. The van der Waals surface area contributed by atoms with E-state index in [4.69, 9.17) is 0 Å². The van der Waals surface area contributed by atoms with Gasteiger partial charge in [-0.3, -0.25) is 14.5 Å². The van der Waals surface area contributed by atoms with Crippen molar-refractivity contribution < 1.29 is 18.0 Å². The number of carbonyl (C=O) groups is 1. The number of carbonyl (C=O) groups excluding carboxylic acids is 1. The van der Waals surface area contributed by atoms with Gasteiger partial charge in [0.25, 0.3) is 0 Å². The summed E-state index contributed by atoms with van der Waals surface area (Å²) in [5, 5.41) is 15.5. The van der Waals surface area contributed by atoms with Crippen LogP contribution in [-0.2, 0) is 11.8 Å². The number of amides is 1. The Morgan fingerprint density at radius 3 is 2.61 bits per heavy atom. The molecule has 1 amide bonds. The predicted octanol–water partition coefficient (Wildman–Crippen LogP) is 3.53. The maximum atomic E-state index is 14.1. The molecule has 5 rings (SSSR count). The van der Waals surface area contributed by atoms with E-state index in [9.17, 15) is 18.0 Å². The molecule has 1 aromatic carbocycles. The van der Waals surface area contributed by atoms with Gasteiger partial charge >= 0.3 is 6.18 Å². The molecule has 7 nitrogen and oxygen atoms in total. The molecular weight excluding hydrogens is 433 g/mol. The van der Waals surface area contributed by atoms with Gasteiger partial charge in [0.2, 0.25) is 5.91 Å². The zero-order valence-corrected chi connectivity index (χ0v) is 18.2. The first-order chi connectivity index (χ1) is 15.8. The number of piperidine rings is 1. The van der Waals surface area contributed by atoms with Crippen molar-refractivity contribution in [3.05, 3.63) is 42.4 Å². The largest absolute Gasteiger partial charge is 0.396 e. The first kappa shape index (κ1) is 21.8. The van der Waals surface area contributed by atoms with Gasteiger partial charge in [-0.2, -0.15) is 13.2 Å². The third-order valence-corrected chi connectivity index (χ3v) is 6.84. The molecule has 33 heavy (non-hydrogen) atoms. The molecule has 3 aromatic rings. The van der Waals surface area contributed by atoms with Gasteiger partial charge in [0.15, 0.2) is 0 Å². The van der Waals surface area contributed by atoms with Crippen molar-refractivity contribution >= 4 is 16.7 Å². The lowest BCUT2D eigenvalue weighted by molar-refractivity contribution is -0.197. The van der Waals surface area contributed by atoms with E-state index < -0.39 is 17.6 Å². The quantitative estimate of drug-likeness (QED) is 0.611. The number of aryl methyl sites for hydroxylation is 1. The SMILES string of the molecule is Cn1cc(-c2ccc3cnc(C(NC(=O)C4CCNCC4)C4(C(F)(F)F)CC4)cc3c2)nn1. The van der Waals surface area contributed by atoms with Crippen molar-refractivity contribution in [2.75, 3.05) is 13.1 Å². The Balaban J connectivity index is 1.52. The molecule has 0 bridgehead atoms. The Morgan fingerprint density at radius 1 is 1.21 bits per heavy atom. The van der Waals surface area contributed by atoms with Crippen LogP contribution in [-0.4, -0.2) is 45.2 Å². The Labute approximate surface area is 188 Å². The normalized spacial score (nSPS) is 19.4. The van der Waals surface area contributed by atoms with Crippen LogP contribution in [0.3, 0.4) is 0 Å². The smallest absolute Gasteiger partial charge is 0.347 e. The number of nitrogens with one attached hydrogen (secondary N) is 2. The van der Waals surface area contributed by atoms with Crippen molar-refractivity contribution in [1.82, 2.24) is 30.6 Å². The Morgan fingerprint density at radius 2 is 1.97 bits per heavy atom. The summed E-state index contributed by atoms with van der Waals surface area (Å²) in [4.78, 5) is 17.3. The van der Waals surface area contributed by atoms with E-state index in [0.717, 1.165) is 16.3 Å². The average Bonchev–Trinajstić information content (AvgIpc) is 3.52. The first-order valence-corrected chi connectivity index (χ1v) is 11.1. The van der Waals surface area contributed by atoms with Crippen LogP contribution in [0, 0.1) is 11.3 Å². The van der Waals surface area contributed by atoms with Crippen LogP contribution in [0.25, 0.3) is 22.0 Å². The summed E-state index contributed by atoms with van der Waals surface area (Å²) in [6, 6.07) is 6.04. The third-order valence-electron chi connectivity index (χ3n) is 6.84. The molecule has 3 heterocycles. The fraction of sp³-hybridized carbons (Fsp3) is 0.478. The van der Waals surface area contributed by atoms with Crippen molar-refractivity contribution in [3.8, 4) is 11.3 Å². The Hall–Kier alpha value is -3.01. The van der Waals surface area contributed by atoms with E-state index in [1.165, 1.54) is 0 Å². The average molecular weight is 458 g/mol. The highest BCUT2D eigenvalue weighted by Gasteiger charge is 2.68. The predicted molar refractivity (Wildman–Crippen MR) is 116 cm³/mol. The maximum absolute atomic E-state index is 14.1. The number of aromatic nitrogens is 4. The lowest BCUT2D eigenvalue weighted by Gasteiger charge is -2.32. The number of benzene rings is 1. The number of hydrogen-bond donors (Lipinski definition) is 2. The molecule has 1 aliphatic carbocycles. The van der Waals surface area contributed by atoms with E-state index >= 15 is 0 Å². The molecular formula is C23H25F3N6O. The molecule has 174 valence electrons. The van der Waals surface area contributed by atoms with Crippen LogP contribution in [0.15, 0.2) is 36.7 Å². The van der Waals surface area contributed by atoms with Crippen LogP contribution in [0.4, 0.5) is 13.2 Å².